The molecule has 3 N–H and O–H groups in total. The topological polar surface area (TPSA) is 77.2 Å². The average Bonchev–Trinajstić information content (AvgIpc) is 3.17. The van der Waals surface area contributed by atoms with Crippen LogP contribution in [-0.2, 0) is 9.53 Å². The highest BCUT2D eigenvalue weighted by atomic mass is 35.5. The number of benzene rings is 1. The average molecular weight is 354 g/mol. The monoisotopic (exact) mass is 353 g/mol. The molecule has 1 aliphatic heterocycles. The summed E-state index contributed by atoms with van der Waals surface area (Å²) in [5.74, 6) is -0.138. The highest BCUT2D eigenvalue weighted by Gasteiger charge is 2.30. The van der Waals surface area contributed by atoms with Crippen LogP contribution in [0.4, 0.5) is 5.13 Å². The molecule has 1 fully saturated rings. The van der Waals surface area contributed by atoms with Crippen molar-refractivity contribution in [3.05, 3.63) is 35.2 Å². The summed E-state index contributed by atoms with van der Waals surface area (Å²) in [6.07, 6.45) is 1.13. The van der Waals surface area contributed by atoms with Gasteiger partial charge < -0.3 is 10.5 Å². The number of aryl methyl sites for hydroxylation is 1. The molecule has 1 aromatic heterocycles. The van der Waals surface area contributed by atoms with Gasteiger partial charge in [-0.1, -0.05) is 29.8 Å². The van der Waals surface area contributed by atoms with Crippen molar-refractivity contribution in [1.82, 2.24) is 4.98 Å². The number of nitrogens with one attached hydrogen (secondary N) is 1. The molecule has 1 aliphatic rings. The van der Waals surface area contributed by atoms with Gasteiger partial charge in [0.1, 0.15) is 6.10 Å². The fraction of sp³-hybridized carbons (Fsp3) is 0.375. The molecule has 23 heavy (non-hydrogen) atoms. The minimum absolute atomic E-state index is 0. The number of carbonyl (C=O) groups excluding carboxylic acids is 1. The van der Waals surface area contributed by atoms with Crippen molar-refractivity contribution >= 4 is 34.8 Å². The number of halogens is 1. The van der Waals surface area contributed by atoms with E-state index in [4.69, 9.17) is 10.5 Å². The Labute approximate surface area is 145 Å². The van der Waals surface area contributed by atoms with Crippen molar-refractivity contribution < 1.29 is 9.53 Å². The summed E-state index contributed by atoms with van der Waals surface area (Å²) in [4.78, 5) is 16.6. The second-order valence-electron chi connectivity index (χ2n) is 5.45. The van der Waals surface area contributed by atoms with Crippen LogP contribution in [0.3, 0.4) is 0 Å². The van der Waals surface area contributed by atoms with Crippen LogP contribution in [-0.4, -0.2) is 29.6 Å². The summed E-state index contributed by atoms with van der Waals surface area (Å²) in [7, 11) is 0. The van der Waals surface area contributed by atoms with Crippen LogP contribution in [0.5, 0.6) is 0 Å². The normalized spacial score (nSPS) is 20.1. The van der Waals surface area contributed by atoms with Crippen molar-refractivity contribution in [3.63, 3.8) is 0 Å². The first-order chi connectivity index (χ1) is 10.7. The van der Waals surface area contributed by atoms with E-state index < -0.39 is 6.10 Å². The van der Waals surface area contributed by atoms with Gasteiger partial charge in [-0.2, -0.15) is 0 Å². The molecule has 0 spiro atoms. The van der Waals surface area contributed by atoms with Crippen molar-refractivity contribution in [2.24, 2.45) is 5.73 Å². The molecule has 1 amide bonds. The van der Waals surface area contributed by atoms with Gasteiger partial charge in [0.2, 0.25) is 0 Å². The molecule has 124 valence electrons. The second-order valence-corrected chi connectivity index (χ2v) is 6.31. The number of hydrogen-bond donors (Lipinski definition) is 2. The van der Waals surface area contributed by atoms with Crippen LogP contribution in [0.1, 0.15) is 18.4 Å². The van der Waals surface area contributed by atoms with Gasteiger partial charge in [-0.3, -0.25) is 10.1 Å². The van der Waals surface area contributed by atoms with Gasteiger partial charge in [0, 0.05) is 17.5 Å². The number of amides is 1. The Hall–Kier alpha value is -1.47. The number of rotatable bonds is 4. The third kappa shape index (κ3) is 4.29. The lowest BCUT2D eigenvalue weighted by molar-refractivity contribution is -0.126. The molecule has 1 saturated heterocycles. The molecule has 0 saturated carbocycles. The van der Waals surface area contributed by atoms with Crippen molar-refractivity contribution in [3.8, 4) is 11.3 Å². The Morgan fingerprint density at radius 3 is 2.78 bits per heavy atom. The molecule has 3 rings (SSSR count). The molecule has 2 atom stereocenters. The maximum Gasteiger partial charge on any atom is 0.255 e. The minimum atomic E-state index is -0.416. The van der Waals surface area contributed by atoms with Gasteiger partial charge in [-0.25, -0.2) is 4.98 Å². The smallest absolute Gasteiger partial charge is 0.255 e. The minimum Gasteiger partial charge on any atom is -0.364 e. The van der Waals surface area contributed by atoms with E-state index in [0.29, 0.717) is 18.1 Å². The Bertz CT molecular complexity index is 660. The highest BCUT2D eigenvalue weighted by Crippen LogP contribution is 2.26. The van der Waals surface area contributed by atoms with E-state index in [1.807, 2.05) is 36.6 Å². The van der Waals surface area contributed by atoms with E-state index in [9.17, 15) is 4.79 Å². The molecular weight excluding hydrogens is 334 g/mol. The lowest BCUT2D eigenvalue weighted by Gasteiger charge is -2.11. The van der Waals surface area contributed by atoms with Crippen molar-refractivity contribution in [2.45, 2.75) is 32.0 Å². The van der Waals surface area contributed by atoms with Crippen LogP contribution in [0.15, 0.2) is 29.6 Å². The third-order valence-electron chi connectivity index (χ3n) is 3.74. The zero-order chi connectivity index (χ0) is 15.5. The van der Waals surface area contributed by atoms with Crippen LogP contribution in [0.25, 0.3) is 11.3 Å². The molecule has 7 heteroatoms. The first kappa shape index (κ1) is 17.9. The predicted molar refractivity (Wildman–Crippen MR) is 95.1 cm³/mol. The fourth-order valence-corrected chi connectivity index (χ4v) is 3.17. The Morgan fingerprint density at radius 1 is 1.39 bits per heavy atom. The van der Waals surface area contributed by atoms with Crippen LogP contribution < -0.4 is 11.1 Å². The quantitative estimate of drug-likeness (QED) is 0.885. The highest BCUT2D eigenvalue weighted by molar-refractivity contribution is 7.14. The zero-order valence-electron chi connectivity index (χ0n) is 12.8. The van der Waals surface area contributed by atoms with Gasteiger partial charge in [-0.15, -0.1) is 23.7 Å². The van der Waals surface area contributed by atoms with Crippen molar-refractivity contribution in [2.75, 3.05) is 11.9 Å². The SMILES string of the molecule is Cc1ccc(-c2csc(NC(=O)[C@@H]3CC[C@H](CN)O3)n2)cc1.Cl. The number of ether oxygens (including phenoxy) is 1. The number of nitrogens with zero attached hydrogens (tertiary/aromatic N) is 1. The molecule has 0 aliphatic carbocycles. The summed E-state index contributed by atoms with van der Waals surface area (Å²) in [6, 6.07) is 8.16. The third-order valence-corrected chi connectivity index (χ3v) is 4.50. The van der Waals surface area contributed by atoms with E-state index in [1.54, 1.807) is 0 Å². The number of hydrogen-bond acceptors (Lipinski definition) is 5. The summed E-state index contributed by atoms with van der Waals surface area (Å²) in [5, 5.41) is 5.37. The van der Waals surface area contributed by atoms with Crippen LogP contribution >= 0.6 is 23.7 Å². The maximum atomic E-state index is 12.2. The van der Waals surface area contributed by atoms with E-state index in [1.165, 1.54) is 16.9 Å². The summed E-state index contributed by atoms with van der Waals surface area (Å²) >= 11 is 1.42. The number of thiazole rings is 1. The maximum absolute atomic E-state index is 12.2. The first-order valence-electron chi connectivity index (χ1n) is 7.34. The van der Waals surface area contributed by atoms with E-state index in [2.05, 4.69) is 10.3 Å². The molecule has 0 radical (unpaired) electrons. The molecule has 0 bridgehead atoms. The number of aromatic nitrogens is 1. The van der Waals surface area contributed by atoms with E-state index >= 15 is 0 Å². The predicted octanol–water partition coefficient (Wildman–Crippen LogP) is 2.99. The summed E-state index contributed by atoms with van der Waals surface area (Å²) < 4.78 is 5.59. The fourth-order valence-electron chi connectivity index (χ4n) is 2.45. The lowest BCUT2D eigenvalue weighted by Crippen LogP contribution is -2.29. The van der Waals surface area contributed by atoms with E-state index in [-0.39, 0.29) is 24.4 Å². The van der Waals surface area contributed by atoms with Crippen LogP contribution in [0, 0.1) is 6.92 Å². The molecule has 2 aromatic rings. The largest absolute Gasteiger partial charge is 0.364 e. The first-order valence-corrected chi connectivity index (χ1v) is 8.22. The van der Waals surface area contributed by atoms with Gasteiger partial charge >= 0.3 is 0 Å². The molecular formula is C16H20ClN3O2S. The molecule has 0 unspecified atom stereocenters. The Kier molecular flexibility index (Phi) is 6.12. The summed E-state index contributed by atoms with van der Waals surface area (Å²) in [5.41, 5.74) is 8.68. The lowest BCUT2D eigenvalue weighted by atomic mass is 10.1. The van der Waals surface area contributed by atoms with Crippen LogP contribution in [0.2, 0.25) is 0 Å². The zero-order valence-corrected chi connectivity index (χ0v) is 14.5. The van der Waals surface area contributed by atoms with Gasteiger partial charge in [0.25, 0.3) is 5.91 Å². The van der Waals surface area contributed by atoms with Crippen molar-refractivity contribution in [1.29, 1.82) is 0 Å². The number of anilines is 1. The second kappa shape index (κ2) is 7.88. The van der Waals surface area contributed by atoms with E-state index in [0.717, 1.165) is 17.7 Å². The Morgan fingerprint density at radius 2 is 2.13 bits per heavy atom. The van der Waals surface area contributed by atoms with Gasteiger partial charge in [0.15, 0.2) is 5.13 Å². The standard InChI is InChI=1S/C16H19N3O2S.ClH/c1-10-2-4-11(5-3-10)13-9-22-16(18-13)19-15(20)14-7-6-12(8-17)21-14;/h2-5,9,12,14H,6-8,17H2,1H3,(H,18,19,20);1H/t12-,14+;/m1./s1. The number of nitrogens with two attached hydrogens (primary N) is 1. The molecule has 5 nitrogen and oxygen atoms in total. The number of carbonyl (C=O) groups is 1. The van der Waals surface area contributed by atoms with Gasteiger partial charge in [-0.05, 0) is 19.8 Å². The molecule has 1 aromatic carbocycles. The molecule has 2 heterocycles. The van der Waals surface area contributed by atoms with Gasteiger partial charge in [0.05, 0.1) is 11.8 Å². The Balaban J connectivity index is 0.00000192. The summed E-state index contributed by atoms with van der Waals surface area (Å²) in [6.45, 7) is 2.51.